The van der Waals surface area contributed by atoms with Gasteiger partial charge in [0, 0.05) is 42.1 Å². The van der Waals surface area contributed by atoms with Gasteiger partial charge in [-0.05, 0) is 44.0 Å². The number of amides is 1. The number of nitrogens with zero attached hydrogens (tertiary/aromatic N) is 3. The van der Waals surface area contributed by atoms with Crippen LogP contribution in [0.1, 0.15) is 22.6 Å². The number of carbonyl (C=O) groups is 1. The first-order valence-corrected chi connectivity index (χ1v) is 8.92. The van der Waals surface area contributed by atoms with Crippen molar-refractivity contribution in [2.75, 3.05) is 25.0 Å². The maximum absolute atomic E-state index is 12.6. The molecular formula is C18H23N3OS. The van der Waals surface area contributed by atoms with Crippen molar-refractivity contribution < 1.29 is 4.79 Å². The highest BCUT2D eigenvalue weighted by Crippen LogP contribution is 2.21. The van der Waals surface area contributed by atoms with E-state index < -0.39 is 0 Å². The third kappa shape index (κ3) is 3.91. The minimum Gasteiger partial charge on any atom is -0.355 e. The molecule has 0 aromatic carbocycles. The van der Waals surface area contributed by atoms with E-state index in [2.05, 4.69) is 28.9 Å². The van der Waals surface area contributed by atoms with Crippen molar-refractivity contribution in [3.8, 4) is 0 Å². The summed E-state index contributed by atoms with van der Waals surface area (Å²) in [6.07, 6.45) is 4.49. The number of piperidine rings is 1. The molecule has 1 aliphatic heterocycles. The predicted octanol–water partition coefficient (Wildman–Crippen LogP) is 3.12. The normalized spacial score (nSPS) is 18.0. The Hall–Kier alpha value is -1.88. The Balaban J connectivity index is 1.62. The minimum atomic E-state index is 0.208. The summed E-state index contributed by atoms with van der Waals surface area (Å²) in [5, 5.41) is 0. The quantitative estimate of drug-likeness (QED) is 0.865. The first-order chi connectivity index (χ1) is 11.1. The van der Waals surface area contributed by atoms with E-state index in [4.69, 9.17) is 0 Å². The highest BCUT2D eigenvalue weighted by molar-refractivity contribution is 7.12. The predicted molar refractivity (Wildman–Crippen MR) is 95.0 cm³/mol. The van der Waals surface area contributed by atoms with E-state index in [1.54, 1.807) is 11.3 Å². The topological polar surface area (TPSA) is 36.4 Å². The van der Waals surface area contributed by atoms with Crippen LogP contribution in [-0.4, -0.2) is 42.0 Å². The number of likely N-dealkylation sites (N-methyl/N-ethyl adjacent to an activating group) is 1. The SMILES string of the molecule is Cc1ccc(CC(=O)N(C)[C@H]2CCCN(c3ccccn3)C2)s1. The molecule has 2 aromatic heterocycles. The second-order valence-electron chi connectivity index (χ2n) is 6.12. The Bertz CT molecular complexity index is 655. The third-order valence-electron chi connectivity index (χ3n) is 4.43. The van der Waals surface area contributed by atoms with Crippen molar-refractivity contribution >= 4 is 23.1 Å². The minimum absolute atomic E-state index is 0.208. The first kappa shape index (κ1) is 16.0. The van der Waals surface area contributed by atoms with Crippen molar-refractivity contribution in [3.63, 3.8) is 0 Å². The van der Waals surface area contributed by atoms with Gasteiger partial charge in [-0.15, -0.1) is 11.3 Å². The fourth-order valence-electron chi connectivity index (χ4n) is 3.08. The molecule has 2 aromatic rings. The molecular weight excluding hydrogens is 306 g/mol. The second-order valence-corrected chi connectivity index (χ2v) is 7.50. The molecule has 4 nitrogen and oxygen atoms in total. The van der Waals surface area contributed by atoms with Gasteiger partial charge >= 0.3 is 0 Å². The van der Waals surface area contributed by atoms with Gasteiger partial charge in [0.15, 0.2) is 0 Å². The van der Waals surface area contributed by atoms with Crippen molar-refractivity contribution in [3.05, 3.63) is 46.3 Å². The first-order valence-electron chi connectivity index (χ1n) is 8.10. The van der Waals surface area contributed by atoms with E-state index >= 15 is 0 Å². The van der Waals surface area contributed by atoms with Crippen LogP contribution in [0.5, 0.6) is 0 Å². The number of hydrogen-bond acceptors (Lipinski definition) is 4. The number of thiophene rings is 1. The standard InChI is InChI=1S/C18H23N3OS/c1-14-8-9-16(23-14)12-18(22)20(2)15-6-5-11-21(13-15)17-7-3-4-10-19-17/h3-4,7-10,15H,5-6,11-13H2,1-2H3/t15-/m0/s1. The van der Waals surface area contributed by atoms with Gasteiger partial charge in [0.05, 0.1) is 6.42 Å². The lowest BCUT2D eigenvalue weighted by Crippen LogP contribution is -2.49. The summed E-state index contributed by atoms with van der Waals surface area (Å²) in [5.41, 5.74) is 0. The molecule has 5 heteroatoms. The number of aryl methyl sites for hydroxylation is 1. The van der Waals surface area contributed by atoms with Crippen LogP contribution in [0.2, 0.25) is 0 Å². The molecule has 0 spiro atoms. The maximum Gasteiger partial charge on any atom is 0.227 e. The van der Waals surface area contributed by atoms with E-state index in [1.165, 1.54) is 4.88 Å². The molecule has 23 heavy (non-hydrogen) atoms. The van der Waals surface area contributed by atoms with E-state index in [-0.39, 0.29) is 11.9 Å². The average Bonchev–Trinajstić information content (AvgIpc) is 3.00. The highest BCUT2D eigenvalue weighted by Gasteiger charge is 2.26. The third-order valence-corrected chi connectivity index (χ3v) is 5.43. The number of pyridine rings is 1. The van der Waals surface area contributed by atoms with Gasteiger partial charge < -0.3 is 9.80 Å². The van der Waals surface area contributed by atoms with Gasteiger partial charge in [0.1, 0.15) is 5.82 Å². The van der Waals surface area contributed by atoms with Crippen LogP contribution in [0, 0.1) is 6.92 Å². The Kier molecular flexibility index (Phi) is 4.96. The largest absolute Gasteiger partial charge is 0.355 e. The zero-order valence-corrected chi connectivity index (χ0v) is 14.6. The average molecular weight is 329 g/mol. The molecule has 0 saturated carbocycles. The summed E-state index contributed by atoms with van der Waals surface area (Å²) in [5.74, 6) is 1.21. The second kappa shape index (κ2) is 7.13. The molecule has 0 N–H and O–H groups in total. The van der Waals surface area contributed by atoms with E-state index in [0.29, 0.717) is 6.42 Å². The van der Waals surface area contributed by atoms with Crippen LogP contribution in [0.3, 0.4) is 0 Å². The van der Waals surface area contributed by atoms with Gasteiger partial charge in [-0.1, -0.05) is 6.07 Å². The lowest BCUT2D eigenvalue weighted by atomic mass is 10.0. The van der Waals surface area contributed by atoms with Crippen LogP contribution in [0.4, 0.5) is 5.82 Å². The molecule has 1 fully saturated rings. The highest BCUT2D eigenvalue weighted by atomic mass is 32.1. The summed E-state index contributed by atoms with van der Waals surface area (Å²) in [6, 6.07) is 10.4. The molecule has 122 valence electrons. The van der Waals surface area contributed by atoms with Crippen molar-refractivity contribution in [1.29, 1.82) is 0 Å². The lowest BCUT2D eigenvalue weighted by molar-refractivity contribution is -0.131. The van der Waals surface area contributed by atoms with Crippen molar-refractivity contribution in [2.45, 2.75) is 32.2 Å². The molecule has 0 unspecified atom stereocenters. The molecule has 0 bridgehead atoms. The molecule has 3 heterocycles. The van der Waals surface area contributed by atoms with Crippen LogP contribution in [0.15, 0.2) is 36.5 Å². The fraction of sp³-hybridized carbons (Fsp3) is 0.444. The molecule has 0 radical (unpaired) electrons. The smallest absolute Gasteiger partial charge is 0.227 e. The zero-order valence-electron chi connectivity index (χ0n) is 13.7. The van der Waals surface area contributed by atoms with Crippen LogP contribution in [0.25, 0.3) is 0 Å². The molecule has 0 aliphatic carbocycles. The maximum atomic E-state index is 12.6. The Morgan fingerprint density at radius 1 is 1.39 bits per heavy atom. The van der Waals surface area contributed by atoms with Crippen molar-refractivity contribution in [1.82, 2.24) is 9.88 Å². The monoisotopic (exact) mass is 329 g/mol. The molecule has 1 saturated heterocycles. The van der Waals surface area contributed by atoms with Gasteiger partial charge in [0.2, 0.25) is 5.91 Å². The summed E-state index contributed by atoms with van der Waals surface area (Å²) < 4.78 is 0. The van der Waals surface area contributed by atoms with Crippen LogP contribution in [-0.2, 0) is 11.2 Å². The molecule has 1 atom stereocenters. The number of aromatic nitrogens is 1. The molecule has 3 rings (SSSR count). The van der Waals surface area contributed by atoms with E-state index in [0.717, 1.165) is 36.6 Å². The zero-order chi connectivity index (χ0) is 16.2. The number of hydrogen-bond donors (Lipinski definition) is 0. The van der Waals surface area contributed by atoms with E-state index in [1.807, 2.05) is 36.3 Å². The Labute approximate surface area is 141 Å². The Morgan fingerprint density at radius 3 is 2.96 bits per heavy atom. The fourth-order valence-corrected chi connectivity index (χ4v) is 3.96. The van der Waals surface area contributed by atoms with Crippen molar-refractivity contribution in [2.24, 2.45) is 0 Å². The van der Waals surface area contributed by atoms with Crippen LogP contribution < -0.4 is 4.90 Å². The van der Waals surface area contributed by atoms with E-state index in [9.17, 15) is 4.79 Å². The summed E-state index contributed by atoms with van der Waals surface area (Å²) in [4.78, 5) is 23.6. The number of anilines is 1. The van der Waals surface area contributed by atoms with Crippen LogP contribution >= 0.6 is 11.3 Å². The van der Waals surface area contributed by atoms with Gasteiger partial charge in [0.25, 0.3) is 0 Å². The number of rotatable bonds is 4. The van der Waals surface area contributed by atoms with Gasteiger partial charge in [-0.25, -0.2) is 4.98 Å². The van der Waals surface area contributed by atoms with Gasteiger partial charge in [-0.3, -0.25) is 4.79 Å². The summed E-state index contributed by atoms with van der Waals surface area (Å²) in [7, 11) is 1.94. The molecule has 1 amide bonds. The van der Waals surface area contributed by atoms with Gasteiger partial charge in [-0.2, -0.15) is 0 Å². The Morgan fingerprint density at radius 2 is 2.26 bits per heavy atom. The molecule has 1 aliphatic rings. The number of carbonyl (C=O) groups excluding carboxylic acids is 1. The summed E-state index contributed by atoms with van der Waals surface area (Å²) in [6.45, 7) is 3.95. The lowest BCUT2D eigenvalue weighted by Gasteiger charge is -2.38. The summed E-state index contributed by atoms with van der Waals surface area (Å²) >= 11 is 1.71.